The van der Waals surface area contributed by atoms with Gasteiger partial charge in [0.1, 0.15) is 0 Å². The molecule has 0 amide bonds. The van der Waals surface area contributed by atoms with E-state index in [1.165, 1.54) is 20.2 Å². The number of ether oxygens (including phenoxy) is 1. The molecule has 7 heteroatoms. The van der Waals surface area contributed by atoms with Crippen LogP contribution in [-0.4, -0.2) is 45.4 Å². The zero-order valence-corrected chi connectivity index (χ0v) is 10.6. The number of hydrogen-bond donors (Lipinski definition) is 1. The maximum Gasteiger partial charge on any atom is 0.306 e. The van der Waals surface area contributed by atoms with Crippen LogP contribution in [0.15, 0.2) is 12.7 Å². The normalized spacial score (nSPS) is 13.5. The molecule has 0 aliphatic carbocycles. The molecule has 1 unspecified atom stereocenters. The van der Waals surface area contributed by atoms with Crippen molar-refractivity contribution in [3.05, 3.63) is 12.7 Å². The van der Waals surface area contributed by atoms with Crippen LogP contribution < -0.4 is 4.72 Å². The minimum atomic E-state index is -3.57. The van der Waals surface area contributed by atoms with E-state index in [1.807, 2.05) is 0 Å². The van der Waals surface area contributed by atoms with Gasteiger partial charge in [0, 0.05) is 19.6 Å². The molecular weight excluding hydrogens is 232 g/mol. The van der Waals surface area contributed by atoms with Crippen molar-refractivity contribution in [3.63, 3.8) is 0 Å². The Balaban J connectivity index is 4.30. The Morgan fingerprint density at radius 3 is 2.62 bits per heavy atom. The van der Waals surface area contributed by atoms with E-state index in [4.69, 9.17) is 0 Å². The van der Waals surface area contributed by atoms with Gasteiger partial charge in [-0.25, -0.2) is 0 Å². The SMILES string of the molecule is C=CC(C)NS(=O)(=O)N(C)CCC(=O)OC. The van der Waals surface area contributed by atoms with E-state index >= 15 is 0 Å². The summed E-state index contributed by atoms with van der Waals surface area (Å²) in [5.41, 5.74) is 0. The fourth-order valence-corrected chi connectivity index (χ4v) is 1.92. The lowest BCUT2D eigenvalue weighted by Crippen LogP contribution is -2.42. The molecule has 0 aliphatic heterocycles. The van der Waals surface area contributed by atoms with Crippen molar-refractivity contribution in [2.45, 2.75) is 19.4 Å². The molecule has 0 spiro atoms. The zero-order valence-electron chi connectivity index (χ0n) is 9.76. The number of carbonyl (C=O) groups is 1. The quantitative estimate of drug-likeness (QED) is 0.505. The number of carbonyl (C=O) groups excluding carboxylic acids is 1. The fourth-order valence-electron chi connectivity index (χ4n) is 0.844. The lowest BCUT2D eigenvalue weighted by Gasteiger charge is -2.18. The van der Waals surface area contributed by atoms with Gasteiger partial charge in [-0.1, -0.05) is 6.08 Å². The molecule has 1 N–H and O–H groups in total. The molecule has 0 saturated carbocycles. The Bertz CT molecular complexity index is 339. The molecule has 0 rings (SSSR count). The largest absolute Gasteiger partial charge is 0.469 e. The lowest BCUT2D eigenvalue weighted by atomic mass is 10.4. The average molecular weight is 250 g/mol. The third-order valence-electron chi connectivity index (χ3n) is 1.96. The van der Waals surface area contributed by atoms with Crippen molar-refractivity contribution >= 4 is 16.2 Å². The standard InChI is InChI=1S/C9H18N2O4S/c1-5-8(2)10-16(13,14)11(3)7-6-9(12)15-4/h5,8,10H,1,6-7H2,2-4H3. The van der Waals surface area contributed by atoms with Crippen LogP contribution in [0.5, 0.6) is 0 Å². The van der Waals surface area contributed by atoms with Crippen LogP contribution in [0.25, 0.3) is 0 Å². The highest BCUT2D eigenvalue weighted by atomic mass is 32.2. The molecule has 16 heavy (non-hydrogen) atoms. The summed E-state index contributed by atoms with van der Waals surface area (Å²) in [6, 6.07) is -0.356. The summed E-state index contributed by atoms with van der Waals surface area (Å²) in [5.74, 6) is -0.446. The predicted molar refractivity (Wildman–Crippen MR) is 61.0 cm³/mol. The topological polar surface area (TPSA) is 75.7 Å². The molecule has 6 nitrogen and oxygen atoms in total. The van der Waals surface area contributed by atoms with E-state index in [1.54, 1.807) is 6.92 Å². The van der Waals surface area contributed by atoms with Gasteiger partial charge < -0.3 is 4.74 Å². The number of nitrogens with one attached hydrogen (secondary N) is 1. The molecule has 0 aromatic rings. The van der Waals surface area contributed by atoms with Gasteiger partial charge in [-0.05, 0) is 6.92 Å². The molecule has 0 fully saturated rings. The van der Waals surface area contributed by atoms with Crippen LogP contribution in [0.4, 0.5) is 0 Å². The first-order valence-corrected chi connectivity index (χ1v) is 6.20. The summed E-state index contributed by atoms with van der Waals surface area (Å²) in [4.78, 5) is 10.8. The second-order valence-corrected chi connectivity index (χ2v) is 5.10. The molecule has 0 aromatic heterocycles. The number of rotatable bonds is 7. The number of nitrogens with zero attached hydrogens (tertiary/aromatic N) is 1. The smallest absolute Gasteiger partial charge is 0.306 e. The third kappa shape index (κ3) is 5.24. The maximum absolute atomic E-state index is 11.6. The molecule has 0 aliphatic rings. The van der Waals surface area contributed by atoms with Crippen molar-refractivity contribution in [1.82, 2.24) is 9.03 Å². The first-order chi connectivity index (χ1) is 7.33. The molecule has 0 bridgehead atoms. The highest BCUT2D eigenvalue weighted by Gasteiger charge is 2.19. The summed E-state index contributed by atoms with van der Waals surface area (Å²) in [5, 5.41) is 0. The van der Waals surface area contributed by atoms with Crippen molar-refractivity contribution in [3.8, 4) is 0 Å². The van der Waals surface area contributed by atoms with Gasteiger partial charge in [0.2, 0.25) is 0 Å². The fraction of sp³-hybridized carbons (Fsp3) is 0.667. The third-order valence-corrected chi connectivity index (χ3v) is 3.63. The van der Waals surface area contributed by atoms with E-state index in [2.05, 4.69) is 16.0 Å². The van der Waals surface area contributed by atoms with Crippen molar-refractivity contribution in [2.75, 3.05) is 20.7 Å². The van der Waals surface area contributed by atoms with E-state index in [0.717, 1.165) is 4.31 Å². The first-order valence-electron chi connectivity index (χ1n) is 4.76. The van der Waals surface area contributed by atoms with Crippen LogP contribution in [0.3, 0.4) is 0 Å². The molecule has 0 aromatic carbocycles. The number of esters is 1. The van der Waals surface area contributed by atoms with Gasteiger partial charge in [-0.3, -0.25) is 4.79 Å². The Hall–Kier alpha value is -0.920. The molecule has 0 saturated heterocycles. The van der Waals surface area contributed by atoms with Crippen LogP contribution in [-0.2, 0) is 19.7 Å². The van der Waals surface area contributed by atoms with Gasteiger partial charge in [0.05, 0.1) is 13.5 Å². The van der Waals surface area contributed by atoms with Gasteiger partial charge >= 0.3 is 5.97 Å². The molecular formula is C9H18N2O4S. The van der Waals surface area contributed by atoms with E-state index in [-0.39, 0.29) is 19.0 Å². The van der Waals surface area contributed by atoms with E-state index in [0.29, 0.717) is 0 Å². The Morgan fingerprint density at radius 1 is 1.62 bits per heavy atom. The average Bonchev–Trinajstić information content (AvgIpc) is 2.24. The molecule has 0 radical (unpaired) electrons. The molecule has 94 valence electrons. The highest BCUT2D eigenvalue weighted by Crippen LogP contribution is 1.99. The van der Waals surface area contributed by atoms with Gasteiger partial charge in [0.15, 0.2) is 0 Å². The van der Waals surface area contributed by atoms with Crippen molar-refractivity contribution < 1.29 is 17.9 Å². The van der Waals surface area contributed by atoms with Crippen LogP contribution in [0.1, 0.15) is 13.3 Å². The second-order valence-electron chi connectivity index (χ2n) is 3.29. The maximum atomic E-state index is 11.6. The van der Waals surface area contributed by atoms with Crippen LogP contribution in [0, 0.1) is 0 Å². The van der Waals surface area contributed by atoms with E-state index < -0.39 is 16.2 Å². The first kappa shape index (κ1) is 15.1. The van der Waals surface area contributed by atoms with Crippen LogP contribution in [0.2, 0.25) is 0 Å². The van der Waals surface area contributed by atoms with E-state index in [9.17, 15) is 13.2 Å². The molecule has 1 atom stereocenters. The predicted octanol–water partition coefficient (Wildman–Crippen LogP) is -0.110. The minimum Gasteiger partial charge on any atom is -0.469 e. The molecule has 0 heterocycles. The summed E-state index contributed by atoms with van der Waals surface area (Å²) >= 11 is 0. The lowest BCUT2D eigenvalue weighted by molar-refractivity contribution is -0.140. The highest BCUT2D eigenvalue weighted by molar-refractivity contribution is 7.87. The monoisotopic (exact) mass is 250 g/mol. The second kappa shape index (κ2) is 6.62. The summed E-state index contributed by atoms with van der Waals surface area (Å²) in [7, 11) is -0.922. The van der Waals surface area contributed by atoms with Crippen LogP contribution >= 0.6 is 0 Å². The van der Waals surface area contributed by atoms with Gasteiger partial charge in [0.25, 0.3) is 10.2 Å². The summed E-state index contributed by atoms with van der Waals surface area (Å²) < 4.78 is 31.1. The Labute approximate surface area is 96.5 Å². The van der Waals surface area contributed by atoms with Gasteiger partial charge in [-0.15, -0.1) is 6.58 Å². The van der Waals surface area contributed by atoms with Crippen molar-refractivity contribution in [2.24, 2.45) is 0 Å². The summed E-state index contributed by atoms with van der Waals surface area (Å²) in [6.45, 7) is 5.21. The number of hydrogen-bond acceptors (Lipinski definition) is 4. The Morgan fingerprint density at radius 2 is 2.19 bits per heavy atom. The number of methoxy groups -OCH3 is 1. The minimum absolute atomic E-state index is 0.0242. The van der Waals surface area contributed by atoms with Gasteiger partial charge in [-0.2, -0.15) is 17.4 Å². The Kier molecular flexibility index (Phi) is 6.24. The summed E-state index contributed by atoms with van der Waals surface area (Å²) in [6.07, 6.45) is 1.50. The zero-order chi connectivity index (χ0) is 12.8. The van der Waals surface area contributed by atoms with Crippen molar-refractivity contribution in [1.29, 1.82) is 0 Å².